The number of halogens is 1. The van der Waals surface area contributed by atoms with E-state index >= 15 is 0 Å². The summed E-state index contributed by atoms with van der Waals surface area (Å²) >= 11 is 3.41. The highest BCUT2D eigenvalue weighted by Gasteiger charge is 2.34. The van der Waals surface area contributed by atoms with E-state index in [1.807, 2.05) is 12.1 Å². The largest absolute Gasteiger partial charge is 0.496 e. The number of nitrogens with one attached hydrogen (secondary N) is 1. The SMILES string of the molecule is COC(=O)C1=C(C)NC(=O)C[C@@H]1c1cc(Br)ccc1OC. The molecule has 0 aliphatic carbocycles. The summed E-state index contributed by atoms with van der Waals surface area (Å²) in [6.45, 7) is 1.70. The molecular weight excluding hydrogens is 338 g/mol. The maximum Gasteiger partial charge on any atom is 0.336 e. The Balaban J connectivity index is 2.59. The third-order valence-corrected chi connectivity index (χ3v) is 3.93. The summed E-state index contributed by atoms with van der Waals surface area (Å²) in [5.74, 6) is -0.336. The Kier molecular flexibility index (Phi) is 4.67. The molecular formula is C15H16BrNO4. The first-order chi connectivity index (χ1) is 9.97. The normalized spacial score (nSPS) is 18.3. The van der Waals surface area contributed by atoms with Crippen LogP contribution in [0.1, 0.15) is 24.8 Å². The molecule has 0 saturated carbocycles. The van der Waals surface area contributed by atoms with Gasteiger partial charge in [0, 0.05) is 28.1 Å². The second-order valence-electron chi connectivity index (χ2n) is 4.72. The van der Waals surface area contributed by atoms with Gasteiger partial charge in [-0.3, -0.25) is 4.79 Å². The Morgan fingerprint density at radius 2 is 2.10 bits per heavy atom. The van der Waals surface area contributed by atoms with Gasteiger partial charge < -0.3 is 14.8 Å². The molecule has 5 nitrogen and oxygen atoms in total. The summed E-state index contributed by atoms with van der Waals surface area (Å²) in [5.41, 5.74) is 1.75. The third kappa shape index (κ3) is 3.10. The van der Waals surface area contributed by atoms with Gasteiger partial charge in [0.25, 0.3) is 0 Å². The predicted molar refractivity (Wildman–Crippen MR) is 80.9 cm³/mol. The topological polar surface area (TPSA) is 64.6 Å². The number of hydrogen-bond donors (Lipinski definition) is 1. The lowest BCUT2D eigenvalue weighted by molar-refractivity contribution is -0.136. The van der Waals surface area contributed by atoms with Gasteiger partial charge in [0.1, 0.15) is 5.75 Å². The molecule has 0 radical (unpaired) electrons. The van der Waals surface area contributed by atoms with Gasteiger partial charge in [-0.15, -0.1) is 0 Å². The molecule has 1 atom stereocenters. The molecule has 6 heteroatoms. The van der Waals surface area contributed by atoms with Crippen molar-refractivity contribution >= 4 is 27.8 Å². The summed E-state index contributed by atoms with van der Waals surface area (Å²) in [6, 6.07) is 5.51. The number of rotatable bonds is 3. The van der Waals surface area contributed by atoms with Crippen molar-refractivity contribution in [1.29, 1.82) is 0 Å². The Bertz CT molecular complexity index is 624. The summed E-state index contributed by atoms with van der Waals surface area (Å²) < 4.78 is 11.1. The first kappa shape index (κ1) is 15.6. The number of ether oxygens (including phenoxy) is 2. The van der Waals surface area contributed by atoms with E-state index in [0.29, 0.717) is 17.0 Å². The van der Waals surface area contributed by atoms with E-state index in [9.17, 15) is 9.59 Å². The van der Waals surface area contributed by atoms with Crippen LogP contribution in [0.5, 0.6) is 5.75 Å². The zero-order valence-electron chi connectivity index (χ0n) is 12.0. The average molecular weight is 354 g/mol. The number of methoxy groups -OCH3 is 2. The van der Waals surface area contributed by atoms with Gasteiger partial charge >= 0.3 is 5.97 Å². The van der Waals surface area contributed by atoms with Crippen LogP contribution in [0.2, 0.25) is 0 Å². The molecule has 0 spiro atoms. The van der Waals surface area contributed by atoms with E-state index in [1.54, 1.807) is 20.1 Å². The second kappa shape index (κ2) is 6.30. The maximum absolute atomic E-state index is 12.1. The van der Waals surface area contributed by atoms with Crippen LogP contribution in [0.15, 0.2) is 33.9 Å². The quantitative estimate of drug-likeness (QED) is 0.848. The Morgan fingerprint density at radius 1 is 1.38 bits per heavy atom. The van der Waals surface area contributed by atoms with Crippen LogP contribution in [0.4, 0.5) is 0 Å². The molecule has 1 heterocycles. The molecule has 0 aromatic heterocycles. The molecule has 0 unspecified atom stereocenters. The number of benzene rings is 1. The number of carbonyl (C=O) groups excluding carboxylic acids is 2. The van der Waals surface area contributed by atoms with Gasteiger partial charge in [0.15, 0.2) is 0 Å². The summed E-state index contributed by atoms with van der Waals surface area (Å²) in [4.78, 5) is 23.9. The van der Waals surface area contributed by atoms with E-state index in [1.165, 1.54) is 7.11 Å². The van der Waals surface area contributed by atoms with Crippen molar-refractivity contribution in [2.24, 2.45) is 0 Å². The Morgan fingerprint density at radius 3 is 2.71 bits per heavy atom. The fourth-order valence-electron chi connectivity index (χ4n) is 2.52. The molecule has 1 N–H and O–H groups in total. The van der Waals surface area contributed by atoms with Crippen molar-refractivity contribution in [1.82, 2.24) is 5.32 Å². The zero-order chi connectivity index (χ0) is 15.6. The standard InChI is InChI=1S/C15H16BrNO4/c1-8-14(15(19)21-3)11(7-13(18)17-8)10-6-9(16)4-5-12(10)20-2/h4-6,11H,7H2,1-3H3,(H,17,18)/t11-/m1/s1. The fourth-order valence-corrected chi connectivity index (χ4v) is 2.90. The molecule has 2 rings (SSSR count). The van der Waals surface area contributed by atoms with Crippen LogP contribution in [0.3, 0.4) is 0 Å². The van der Waals surface area contributed by atoms with E-state index in [0.717, 1.165) is 10.0 Å². The van der Waals surface area contributed by atoms with E-state index in [2.05, 4.69) is 21.2 Å². The maximum atomic E-state index is 12.1. The highest BCUT2D eigenvalue weighted by atomic mass is 79.9. The van der Waals surface area contributed by atoms with Gasteiger partial charge in [-0.05, 0) is 25.1 Å². The van der Waals surface area contributed by atoms with Gasteiger partial charge in [-0.2, -0.15) is 0 Å². The molecule has 1 amide bonds. The minimum absolute atomic E-state index is 0.132. The molecule has 1 aromatic rings. The predicted octanol–water partition coefficient (Wildman–Crippen LogP) is 2.51. The first-order valence-electron chi connectivity index (χ1n) is 6.40. The van der Waals surface area contributed by atoms with Crippen LogP contribution in [0, 0.1) is 0 Å². The molecule has 21 heavy (non-hydrogen) atoms. The Hall–Kier alpha value is -1.82. The number of allylic oxidation sites excluding steroid dienone is 1. The lowest BCUT2D eigenvalue weighted by Crippen LogP contribution is -2.34. The highest BCUT2D eigenvalue weighted by Crippen LogP contribution is 2.39. The van der Waals surface area contributed by atoms with Crippen LogP contribution in [-0.4, -0.2) is 26.1 Å². The summed E-state index contributed by atoms with van der Waals surface area (Å²) in [5, 5.41) is 2.68. The molecule has 1 aliphatic rings. The first-order valence-corrected chi connectivity index (χ1v) is 7.19. The van der Waals surface area contributed by atoms with Crippen molar-refractivity contribution in [2.75, 3.05) is 14.2 Å². The average Bonchev–Trinajstić information content (AvgIpc) is 2.45. The smallest absolute Gasteiger partial charge is 0.336 e. The number of amides is 1. The van der Waals surface area contributed by atoms with Crippen molar-refractivity contribution < 1.29 is 19.1 Å². The van der Waals surface area contributed by atoms with Crippen LogP contribution >= 0.6 is 15.9 Å². The van der Waals surface area contributed by atoms with E-state index in [4.69, 9.17) is 9.47 Å². The minimum Gasteiger partial charge on any atom is -0.496 e. The fraction of sp³-hybridized carbons (Fsp3) is 0.333. The number of carbonyl (C=O) groups is 2. The van der Waals surface area contributed by atoms with Crippen molar-refractivity contribution in [3.8, 4) is 5.75 Å². The van der Waals surface area contributed by atoms with Crippen molar-refractivity contribution in [3.63, 3.8) is 0 Å². The highest BCUT2D eigenvalue weighted by molar-refractivity contribution is 9.10. The van der Waals surface area contributed by atoms with Gasteiger partial charge in [0.2, 0.25) is 5.91 Å². The van der Waals surface area contributed by atoms with Crippen LogP contribution in [-0.2, 0) is 14.3 Å². The molecule has 0 bridgehead atoms. The van der Waals surface area contributed by atoms with Crippen molar-refractivity contribution in [3.05, 3.63) is 39.5 Å². The van der Waals surface area contributed by atoms with Crippen LogP contribution in [0.25, 0.3) is 0 Å². The van der Waals surface area contributed by atoms with Gasteiger partial charge in [-0.1, -0.05) is 15.9 Å². The van der Waals surface area contributed by atoms with Gasteiger partial charge in [0.05, 0.1) is 19.8 Å². The number of esters is 1. The van der Waals surface area contributed by atoms with Gasteiger partial charge in [-0.25, -0.2) is 4.79 Å². The zero-order valence-corrected chi connectivity index (χ0v) is 13.6. The lowest BCUT2D eigenvalue weighted by Gasteiger charge is -2.27. The molecule has 112 valence electrons. The molecule has 0 fully saturated rings. The Labute approximate surface area is 131 Å². The number of hydrogen-bond acceptors (Lipinski definition) is 4. The lowest BCUT2D eigenvalue weighted by atomic mass is 9.84. The summed E-state index contributed by atoms with van der Waals surface area (Å²) in [6.07, 6.45) is 0.175. The monoisotopic (exact) mass is 353 g/mol. The van der Waals surface area contributed by atoms with Crippen LogP contribution < -0.4 is 10.1 Å². The molecule has 1 aromatic carbocycles. The van der Waals surface area contributed by atoms with E-state index < -0.39 is 11.9 Å². The third-order valence-electron chi connectivity index (χ3n) is 3.44. The summed E-state index contributed by atoms with van der Waals surface area (Å²) in [7, 11) is 2.89. The minimum atomic E-state index is -0.445. The second-order valence-corrected chi connectivity index (χ2v) is 5.64. The van der Waals surface area contributed by atoms with E-state index in [-0.39, 0.29) is 12.3 Å². The molecule has 1 aliphatic heterocycles. The van der Waals surface area contributed by atoms with Crippen molar-refractivity contribution in [2.45, 2.75) is 19.3 Å². The molecule has 0 saturated heterocycles.